The lowest BCUT2D eigenvalue weighted by atomic mass is 9.87. The van der Waals surface area contributed by atoms with Crippen LogP contribution in [0.15, 0.2) is 24.3 Å². The van der Waals surface area contributed by atoms with Gasteiger partial charge < -0.3 is 19.3 Å². The number of hydrogen-bond donors (Lipinski definition) is 1. The first-order chi connectivity index (χ1) is 13.8. The zero-order valence-electron chi connectivity index (χ0n) is 18.5. The van der Waals surface area contributed by atoms with Crippen LogP contribution >= 0.6 is 0 Å². The molecule has 0 amide bonds. The molecule has 3 atom stereocenters. The summed E-state index contributed by atoms with van der Waals surface area (Å²) in [5, 5.41) is 9.53. The summed E-state index contributed by atoms with van der Waals surface area (Å²) in [6.07, 6.45) is 6.36. The van der Waals surface area contributed by atoms with E-state index < -0.39 is 0 Å². The van der Waals surface area contributed by atoms with Gasteiger partial charge in [0.2, 0.25) is 0 Å². The van der Waals surface area contributed by atoms with Crippen molar-refractivity contribution in [1.29, 1.82) is 0 Å². The molecule has 1 fully saturated rings. The van der Waals surface area contributed by atoms with Gasteiger partial charge in [-0.2, -0.15) is 0 Å². The summed E-state index contributed by atoms with van der Waals surface area (Å²) in [4.78, 5) is 11.8. The average molecular weight is 407 g/mol. The molecule has 0 bridgehead atoms. The molecule has 1 aromatic carbocycles. The fourth-order valence-electron chi connectivity index (χ4n) is 3.72. The van der Waals surface area contributed by atoms with E-state index in [1.54, 1.807) is 0 Å². The molecule has 2 rings (SSSR count). The van der Waals surface area contributed by atoms with E-state index in [0.29, 0.717) is 6.42 Å². The first-order valence-electron chi connectivity index (χ1n) is 10.9. The summed E-state index contributed by atoms with van der Waals surface area (Å²) < 4.78 is 17.1. The van der Waals surface area contributed by atoms with E-state index in [9.17, 15) is 9.90 Å². The lowest BCUT2D eigenvalue weighted by molar-refractivity contribution is -0.191. The third-order valence-electron chi connectivity index (χ3n) is 5.67. The number of methoxy groups -OCH3 is 1. The monoisotopic (exact) mass is 406 g/mol. The van der Waals surface area contributed by atoms with Crippen LogP contribution in [0.3, 0.4) is 0 Å². The standard InChI is InChI=1S/C24H38O5/c1-18(23(26)27-4)15-19-9-7-10-20(16-19)21(11-8-13-24(2,3)17-25)29-22-12-5-6-14-28-22/h7,9-10,16,18,21-22,25H,5-6,8,11-15,17H2,1-4H3/t18-,21?,22?/m0/s1. The minimum absolute atomic E-state index is 0.0547. The van der Waals surface area contributed by atoms with Gasteiger partial charge in [-0.25, -0.2) is 0 Å². The minimum Gasteiger partial charge on any atom is -0.469 e. The molecule has 1 saturated heterocycles. The van der Waals surface area contributed by atoms with Crippen LogP contribution in [-0.4, -0.2) is 37.7 Å². The van der Waals surface area contributed by atoms with E-state index in [2.05, 4.69) is 26.0 Å². The zero-order chi connectivity index (χ0) is 21.3. The molecule has 0 saturated carbocycles. The Morgan fingerprint density at radius 1 is 1.34 bits per heavy atom. The lowest BCUT2D eigenvalue weighted by Crippen LogP contribution is -2.25. The molecule has 1 aromatic rings. The second-order valence-electron chi connectivity index (χ2n) is 9.01. The maximum atomic E-state index is 11.8. The van der Waals surface area contributed by atoms with Crippen LogP contribution in [0.2, 0.25) is 0 Å². The van der Waals surface area contributed by atoms with Gasteiger partial charge in [0.05, 0.1) is 19.1 Å². The van der Waals surface area contributed by atoms with Gasteiger partial charge in [0.25, 0.3) is 0 Å². The number of rotatable bonds is 11. The fourth-order valence-corrected chi connectivity index (χ4v) is 3.72. The summed E-state index contributed by atoms with van der Waals surface area (Å²) in [5.41, 5.74) is 2.15. The van der Waals surface area contributed by atoms with Crippen molar-refractivity contribution in [1.82, 2.24) is 0 Å². The van der Waals surface area contributed by atoms with Crippen LogP contribution in [0, 0.1) is 11.3 Å². The number of esters is 1. The highest BCUT2D eigenvalue weighted by atomic mass is 16.7. The van der Waals surface area contributed by atoms with Crippen LogP contribution in [0.5, 0.6) is 0 Å². The number of benzene rings is 1. The Labute approximate surface area is 175 Å². The van der Waals surface area contributed by atoms with Crippen molar-refractivity contribution in [3.05, 3.63) is 35.4 Å². The molecule has 5 heteroatoms. The fraction of sp³-hybridized carbons (Fsp3) is 0.708. The van der Waals surface area contributed by atoms with Crippen molar-refractivity contribution < 1.29 is 24.1 Å². The third-order valence-corrected chi connectivity index (χ3v) is 5.67. The van der Waals surface area contributed by atoms with Gasteiger partial charge in [-0.15, -0.1) is 0 Å². The number of carbonyl (C=O) groups excluding carboxylic acids is 1. The topological polar surface area (TPSA) is 65.0 Å². The Kier molecular flexibility index (Phi) is 9.60. The van der Waals surface area contributed by atoms with Gasteiger partial charge in [0, 0.05) is 13.2 Å². The van der Waals surface area contributed by atoms with Gasteiger partial charge in [-0.05, 0) is 61.5 Å². The molecule has 1 aliphatic heterocycles. The molecule has 0 spiro atoms. The van der Waals surface area contributed by atoms with Crippen molar-refractivity contribution in [3.8, 4) is 0 Å². The average Bonchev–Trinajstić information content (AvgIpc) is 2.73. The highest BCUT2D eigenvalue weighted by Crippen LogP contribution is 2.32. The molecular weight excluding hydrogens is 368 g/mol. The van der Waals surface area contributed by atoms with E-state index in [1.807, 2.05) is 19.1 Å². The number of carbonyl (C=O) groups is 1. The first kappa shape index (κ1) is 23.8. The Hall–Kier alpha value is -1.43. The molecule has 2 unspecified atom stereocenters. The number of ether oxygens (including phenoxy) is 3. The summed E-state index contributed by atoms with van der Waals surface area (Å²) in [6, 6.07) is 8.32. The van der Waals surface area contributed by atoms with Gasteiger partial charge >= 0.3 is 5.97 Å². The maximum Gasteiger partial charge on any atom is 0.308 e. The molecule has 29 heavy (non-hydrogen) atoms. The van der Waals surface area contributed by atoms with Crippen LogP contribution in [-0.2, 0) is 25.4 Å². The molecule has 0 radical (unpaired) electrons. The van der Waals surface area contributed by atoms with E-state index in [1.165, 1.54) is 7.11 Å². The maximum absolute atomic E-state index is 11.8. The Morgan fingerprint density at radius 2 is 2.14 bits per heavy atom. The SMILES string of the molecule is COC(=O)[C@@H](C)Cc1cccc(C(CCCC(C)(C)CO)OC2CCCCO2)c1. The summed E-state index contributed by atoms with van der Waals surface area (Å²) >= 11 is 0. The summed E-state index contributed by atoms with van der Waals surface area (Å²) in [5.74, 6) is -0.369. The number of hydrogen-bond acceptors (Lipinski definition) is 5. The molecule has 1 heterocycles. The van der Waals surface area contributed by atoms with Gasteiger partial charge in [0.15, 0.2) is 6.29 Å². The normalized spacial score (nSPS) is 19.6. The van der Waals surface area contributed by atoms with E-state index >= 15 is 0 Å². The van der Waals surface area contributed by atoms with Crippen molar-refractivity contribution in [2.45, 2.75) is 78.1 Å². The minimum atomic E-state index is -0.190. The van der Waals surface area contributed by atoms with Crippen LogP contribution in [0.25, 0.3) is 0 Å². The van der Waals surface area contributed by atoms with Crippen molar-refractivity contribution in [3.63, 3.8) is 0 Å². The Bertz CT molecular complexity index is 621. The second-order valence-corrected chi connectivity index (χ2v) is 9.01. The molecular formula is C24H38O5. The third kappa shape index (κ3) is 8.07. The Morgan fingerprint density at radius 3 is 2.79 bits per heavy atom. The second kappa shape index (κ2) is 11.7. The molecule has 1 aliphatic rings. The molecule has 1 N–H and O–H groups in total. The van der Waals surface area contributed by atoms with Crippen LogP contribution in [0.1, 0.15) is 76.5 Å². The molecule has 164 valence electrons. The van der Waals surface area contributed by atoms with Crippen LogP contribution < -0.4 is 0 Å². The predicted octanol–water partition coefficient (Wildman–Crippen LogP) is 4.81. The molecule has 5 nitrogen and oxygen atoms in total. The van der Waals surface area contributed by atoms with Crippen LogP contribution in [0.4, 0.5) is 0 Å². The smallest absolute Gasteiger partial charge is 0.308 e. The largest absolute Gasteiger partial charge is 0.469 e. The zero-order valence-corrected chi connectivity index (χ0v) is 18.5. The van der Waals surface area contributed by atoms with Crippen molar-refractivity contribution in [2.24, 2.45) is 11.3 Å². The lowest BCUT2D eigenvalue weighted by Gasteiger charge is -2.29. The highest BCUT2D eigenvalue weighted by molar-refractivity contribution is 5.72. The van der Waals surface area contributed by atoms with Gasteiger partial charge in [-0.1, -0.05) is 45.0 Å². The van der Waals surface area contributed by atoms with Crippen molar-refractivity contribution in [2.75, 3.05) is 20.3 Å². The number of aliphatic hydroxyl groups is 1. The van der Waals surface area contributed by atoms with E-state index in [-0.39, 0.29) is 36.3 Å². The molecule has 0 aromatic heterocycles. The summed E-state index contributed by atoms with van der Waals surface area (Å²) in [6.45, 7) is 7.00. The van der Waals surface area contributed by atoms with Crippen molar-refractivity contribution >= 4 is 5.97 Å². The van der Waals surface area contributed by atoms with Gasteiger partial charge in [-0.3, -0.25) is 4.79 Å². The number of aliphatic hydroxyl groups excluding tert-OH is 1. The van der Waals surface area contributed by atoms with E-state index in [4.69, 9.17) is 14.2 Å². The van der Waals surface area contributed by atoms with Gasteiger partial charge in [0.1, 0.15) is 0 Å². The summed E-state index contributed by atoms with van der Waals surface area (Å²) in [7, 11) is 1.43. The van der Waals surface area contributed by atoms with E-state index in [0.717, 1.165) is 56.3 Å². The predicted molar refractivity (Wildman–Crippen MR) is 113 cm³/mol. The first-order valence-corrected chi connectivity index (χ1v) is 10.9. The molecule has 0 aliphatic carbocycles. The Balaban J connectivity index is 2.09. The highest BCUT2D eigenvalue weighted by Gasteiger charge is 2.23. The quantitative estimate of drug-likeness (QED) is 0.534.